The number of hydrogen-bond acceptors (Lipinski definition) is 4. The second-order valence-electron chi connectivity index (χ2n) is 6.80. The molecule has 0 saturated heterocycles. The number of amides is 2. The Hall–Kier alpha value is -2.73. The molecule has 6 nitrogen and oxygen atoms in total. The van der Waals surface area contributed by atoms with Crippen LogP contribution in [0, 0.1) is 5.92 Å². The Labute approximate surface area is 171 Å². The third-order valence-corrected chi connectivity index (χ3v) is 4.92. The maximum absolute atomic E-state index is 12.4. The number of hydrogen-bond donors (Lipinski definition) is 3. The molecular formula is C21H26ClN3O3. The van der Waals surface area contributed by atoms with Crippen molar-refractivity contribution in [1.82, 2.24) is 5.32 Å². The molecule has 1 aliphatic rings. The summed E-state index contributed by atoms with van der Waals surface area (Å²) in [5.74, 6) is 0.649. The molecule has 1 aliphatic carbocycles. The number of nitrogens with one attached hydrogen (secondary N) is 2. The van der Waals surface area contributed by atoms with Crippen molar-refractivity contribution in [3.8, 4) is 5.75 Å². The number of methoxy groups -OCH3 is 1. The van der Waals surface area contributed by atoms with Crippen LogP contribution in [0.5, 0.6) is 5.75 Å². The third-order valence-electron chi connectivity index (χ3n) is 4.92. The first-order valence-corrected chi connectivity index (χ1v) is 9.18. The van der Waals surface area contributed by atoms with Gasteiger partial charge in [0.25, 0.3) is 5.91 Å². The normalized spacial score (nSPS) is 13.5. The van der Waals surface area contributed by atoms with E-state index in [-0.39, 0.29) is 30.1 Å². The van der Waals surface area contributed by atoms with Gasteiger partial charge in [-0.25, -0.2) is 0 Å². The van der Waals surface area contributed by atoms with E-state index >= 15 is 0 Å². The molecule has 4 N–H and O–H groups in total. The van der Waals surface area contributed by atoms with Gasteiger partial charge in [-0.3, -0.25) is 9.59 Å². The van der Waals surface area contributed by atoms with Crippen LogP contribution >= 0.6 is 12.4 Å². The number of carbonyl (C=O) groups is 2. The largest absolute Gasteiger partial charge is 0.497 e. The van der Waals surface area contributed by atoms with E-state index in [1.165, 1.54) is 0 Å². The van der Waals surface area contributed by atoms with Crippen LogP contribution in [0.4, 0.5) is 11.4 Å². The van der Waals surface area contributed by atoms with Crippen molar-refractivity contribution in [3.05, 3.63) is 53.6 Å². The summed E-state index contributed by atoms with van der Waals surface area (Å²) in [6.07, 6.45) is 4.25. The van der Waals surface area contributed by atoms with E-state index in [1.54, 1.807) is 37.4 Å². The average Bonchev–Trinajstić information content (AvgIpc) is 3.23. The van der Waals surface area contributed by atoms with Crippen molar-refractivity contribution in [3.63, 3.8) is 0 Å². The second kappa shape index (κ2) is 9.99. The Morgan fingerprint density at radius 1 is 1.11 bits per heavy atom. The maximum atomic E-state index is 12.4. The van der Waals surface area contributed by atoms with Crippen LogP contribution in [-0.2, 0) is 11.3 Å². The molecule has 0 aromatic heterocycles. The molecule has 0 heterocycles. The number of nitrogen functional groups attached to an aromatic ring is 1. The van der Waals surface area contributed by atoms with Crippen LogP contribution in [0.15, 0.2) is 42.5 Å². The quantitative estimate of drug-likeness (QED) is 0.640. The highest BCUT2D eigenvalue weighted by Crippen LogP contribution is 2.25. The highest BCUT2D eigenvalue weighted by Gasteiger charge is 2.22. The van der Waals surface area contributed by atoms with Gasteiger partial charge in [0.05, 0.1) is 18.5 Å². The molecule has 0 unspecified atom stereocenters. The van der Waals surface area contributed by atoms with Gasteiger partial charge in [-0.15, -0.1) is 12.4 Å². The van der Waals surface area contributed by atoms with Gasteiger partial charge in [-0.1, -0.05) is 25.0 Å². The number of nitrogens with two attached hydrogens (primary N) is 1. The molecule has 2 aromatic carbocycles. The molecule has 150 valence electrons. The van der Waals surface area contributed by atoms with E-state index in [0.717, 1.165) is 31.2 Å². The molecule has 3 rings (SSSR count). The molecule has 2 aromatic rings. The molecule has 0 spiro atoms. The molecule has 1 saturated carbocycles. The van der Waals surface area contributed by atoms with Gasteiger partial charge < -0.3 is 21.1 Å². The standard InChI is InChI=1S/C21H25N3O3.ClH/c1-27-17-10-11-18(22)19(12-17)24-21(26)16-8-6-14(7-9-16)13-23-20(25)15-4-2-3-5-15;/h6-12,15H,2-5,13,22H2,1H3,(H,23,25)(H,24,26);1H. The minimum atomic E-state index is -0.253. The molecule has 7 heteroatoms. The maximum Gasteiger partial charge on any atom is 0.255 e. The Balaban J connectivity index is 0.00000280. The first kappa shape index (κ1) is 21.6. The Morgan fingerprint density at radius 2 is 1.79 bits per heavy atom. The van der Waals surface area contributed by atoms with Crippen LogP contribution < -0.4 is 21.1 Å². The van der Waals surface area contributed by atoms with Crippen molar-refractivity contribution in [1.29, 1.82) is 0 Å². The number of rotatable bonds is 6. The monoisotopic (exact) mass is 403 g/mol. The topological polar surface area (TPSA) is 93.4 Å². The molecule has 0 radical (unpaired) electrons. The van der Waals surface area contributed by atoms with Gasteiger partial charge in [-0.05, 0) is 42.7 Å². The van der Waals surface area contributed by atoms with E-state index in [4.69, 9.17) is 10.5 Å². The van der Waals surface area contributed by atoms with Crippen molar-refractivity contribution in [2.45, 2.75) is 32.2 Å². The van der Waals surface area contributed by atoms with Gasteiger partial charge in [0.15, 0.2) is 0 Å². The number of halogens is 1. The molecule has 0 aliphatic heterocycles. The minimum absolute atomic E-state index is 0. The summed E-state index contributed by atoms with van der Waals surface area (Å²) in [5.41, 5.74) is 8.35. The van der Waals surface area contributed by atoms with E-state index in [2.05, 4.69) is 10.6 Å². The molecule has 0 bridgehead atoms. The van der Waals surface area contributed by atoms with Crippen LogP contribution in [0.1, 0.15) is 41.6 Å². The summed E-state index contributed by atoms with van der Waals surface area (Å²) >= 11 is 0. The zero-order valence-electron chi connectivity index (χ0n) is 15.9. The first-order chi connectivity index (χ1) is 13.1. The van der Waals surface area contributed by atoms with E-state index in [1.807, 2.05) is 12.1 Å². The lowest BCUT2D eigenvalue weighted by Gasteiger charge is -2.12. The van der Waals surface area contributed by atoms with Crippen molar-refractivity contribution < 1.29 is 14.3 Å². The van der Waals surface area contributed by atoms with Gasteiger partial charge in [-0.2, -0.15) is 0 Å². The van der Waals surface area contributed by atoms with Crippen LogP contribution in [-0.4, -0.2) is 18.9 Å². The zero-order valence-corrected chi connectivity index (χ0v) is 16.7. The summed E-state index contributed by atoms with van der Waals surface area (Å²) < 4.78 is 5.15. The van der Waals surface area contributed by atoms with Crippen LogP contribution in [0.3, 0.4) is 0 Å². The van der Waals surface area contributed by atoms with E-state index < -0.39 is 0 Å². The molecule has 1 fully saturated rings. The Kier molecular flexibility index (Phi) is 7.70. The highest BCUT2D eigenvalue weighted by molar-refractivity contribution is 6.05. The lowest BCUT2D eigenvalue weighted by atomic mass is 10.1. The molecule has 0 atom stereocenters. The summed E-state index contributed by atoms with van der Waals surface area (Å²) in [4.78, 5) is 24.5. The summed E-state index contributed by atoms with van der Waals surface area (Å²) in [6, 6.07) is 12.3. The molecule has 28 heavy (non-hydrogen) atoms. The highest BCUT2D eigenvalue weighted by atomic mass is 35.5. The first-order valence-electron chi connectivity index (χ1n) is 9.18. The SMILES string of the molecule is COc1ccc(N)c(NC(=O)c2ccc(CNC(=O)C3CCCC3)cc2)c1.Cl. The number of ether oxygens (including phenoxy) is 1. The van der Waals surface area contributed by atoms with Gasteiger partial charge in [0.1, 0.15) is 5.75 Å². The second-order valence-corrected chi connectivity index (χ2v) is 6.80. The molecular weight excluding hydrogens is 378 g/mol. The van der Waals surface area contributed by atoms with Gasteiger partial charge in [0, 0.05) is 24.1 Å². The fraction of sp³-hybridized carbons (Fsp3) is 0.333. The van der Waals surface area contributed by atoms with Crippen LogP contribution in [0.2, 0.25) is 0 Å². The summed E-state index contributed by atoms with van der Waals surface area (Å²) in [6.45, 7) is 0.472. The Bertz CT molecular complexity index is 818. The minimum Gasteiger partial charge on any atom is -0.497 e. The van der Waals surface area contributed by atoms with Crippen molar-refractivity contribution >= 4 is 35.6 Å². The van der Waals surface area contributed by atoms with Crippen LogP contribution in [0.25, 0.3) is 0 Å². The molecule has 2 amide bonds. The number of benzene rings is 2. The zero-order chi connectivity index (χ0) is 19.2. The van der Waals surface area contributed by atoms with E-state index in [9.17, 15) is 9.59 Å². The lowest BCUT2D eigenvalue weighted by molar-refractivity contribution is -0.124. The van der Waals surface area contributed by atoms with Crippen molar-refractivity contribution in [2.24, 2.45) is 5.92 Å². The van der Waals surface area contributed by atoms with E-state index in [0.29, 0.717) is 29.2 Å². The van der Waals surface area contributed by atoms with Gasteiger partial charge >= 0.3 is 0 Å². The predicted octanol–water partition coefficient (Wildman–Crippen LogP) is 3.76. The third kappa shape index (κ3) is 5.39. The summed E-state index contributed by atoms with van der Waals surface area (Å²) in [5, 5.41) is 5.77. The smallest absolute Gasteiger partial charge is 0.255 e. The lowest BCUT2D eigenvalue weighted by Crippen LogP contribution is -2.28. The fourth-order valence-corrected chi connectivity index (χ4v) is 3.26. The van der Waals surface area contributed by atoms with Gasteiger partial charge in [0.2, 0.25) is 5.91 Å². The number of carbonyl (C=O) groups excluding carboxylic acids is 2. The number of anilines is 2. The summed E-state index contributed by atoms with van der Waals surface area (Å²) in [7, 11) is 1.56. The van der Waals surface area contributed by atoms with Crippen molar-refractivity contribution in [2.75, 3.05) is 18.2 Å². The Morgan fingerprint density at radius 3 is 2.43 bits per heavy atom. The predicted molar refractivity (Wildman–Crippen MR) is 113 cm³/mol. The average molecular weight is 404 g/mol. The fourth-order valence-electron chi connectivity index (χ4n) is 3.26.